The van der Waals surface area contributed by atoms with Crippen molar-refractivity contribution in [2.75, 3.05) is 0 Å². The highest BCUT2D eigenvalue weighted by atomic mass is 15.2. The van der Waals surface area contributed by atoms with Crippen molar-refractivity contribution in [2.45, 2.75) is 57.5 Å². The molecule has 1 N–H and O–H groups in total. The summed E-state index contributed by atoms with van der Waals surface area (Å²) < 4.78 is 1.89. The van der Waals surface area contributed by atoms with E-state index in [1.807, 2.05) is 17.9 Å². The Kier molecular flexibility index (Phi) is 3.99. The van der Waals surface area contributed by atoms with Crippen LogP contribution in [0.25, 0.3) is 0 Å². The van der Waals surface area contributed by atoms with E-state index in [0.717, 1.165) is 12.5 Å². The van der Waals surface area contributed by atoms with Gasteiger partial charge in [0.15, 0.2) is 0 Å². The van der Waals surface area contributed by atoms with Gasteiger partial charge < -0.3 is 5.32 Å². The smallest absolute Gasteiger partial charge is 0.0537 e. The van der Waals surface area contributed by atoms with E-state index in [0.29, 0.717) is 6.04 Å². The zero-order valence-electron chi connectivity index (χ0n) is 10.4. The molecule has 0 spiro atoms. The van der Waals surface area contributed by atoms with Crippen LogP contribution < -0.4 is 5.32 Å². The molecule has 1 aromatic heterocycles. The first-order chi connectivity index (χ1) is 7.79. The van der Waals surface area contributed by atoms with Crippen LogP contribution in [0.15, 0.2) is 12.4 Å². The van der Waals surface area contributed by atoms with Crippen molar-refractivity contribution in [2.24, 2.45) is 7.05 Å². The first-order valence-electron chi connectivity index (χ1n) is 6.54. The summed E-state index contributed by atoms with van der Waals surface area (Å²) in [5.74, 6) is 0. The van der Waals surface area contributed by atoms with Crippen LogP contribution in [0.5, 0.6) is 0 Å². The second kappa shape index (κ2) is 5.48. The summed E-state index contributed by atoms with van der Waals surface area (Å²) in [4.78, 5) is 0. The van der Waals surface area contributed by atoms with E-state index in [2.05, 4.69) is 23.5 Å². The van der Waals surface area contributed by atoms with Crippen LogP contribution in [-0.2, 0) is 7.05 Å². The molecule has 0 radical (unpaired) electrons. The highest BCUT2D eigenvalue weighted by Gasteiger charge is 2.18. The highest BCUT2D eigenvalue weighted by molar-refractivity contribution is 5.10. The van der Waals surface area contributed by atoms with Gasteiger partial charge in [-0.2, -0.15) is 5.10 Å². The zero-order valence-corrected chi connectivity index (χ0v) is 10.4. The molecule has 0 amide bonds. The molecule has 1 aromatic rings. The molecule has 1 aliphatic rings. The molecule has 3 nitrogen and oxygen atoms in total. The van der Waals surface area contributed by atoms with Gasteiger partial charge in [0.05, 0.1) is 6.20 Å². The number of nitrogens with zero attached hydrogens (tertiary/aromatic N) is 2. The fourth-order valence-electron chi connectivity index (χ4n) is 2.62. The Hall–Kier alpha value is -0.830. The maximum absolute atomic E-state index is 4.26. The van der Waals surface area contributed by atoms with E-state index in [1.54, 1.807) is 0 Å². The van der Waals surface area contributed by atoms with Gasteiger partial charge >= 0.3 is 0 Å². The van der Waals surface area contributed by atoms with Crippen molar-refractivity contribution >= 4 is 0 Å². The molecule has 1 aliphatic carbocycles. The average molecular weight is 221 g/mol. The lowest BCUT2D eigenvalue weighted by molar-refractivity contribution is 0.334. The fourth-order valence-corrected chi connectivity index (χ4v) is 2.62. The van der Waals surface area contributed by atoms with Crippen LogP contribution in [0.2, 0.25) is 0 Å². The molecule has 3 heteroatoms. The van der Waals surface area contributed by atoms with E-state index < -0.39 is 0 Å². The Morgan fingerprint density at radius 2 is 2.19 bits per heavy atom. The van der Waals surface area contributed by atoms with Gasteiger partial charge in [0.1, 0.15) is 0 Å². The third-order valence-corrected chi connectivity index (χ3v) is 3.58. The van der Waals surface area contributed by atoms with Crippen LogP contribution in [-0.4, -0.2) is 15.8 Å². The number of aryl methyl sites for hydroxylation is 1. The third-order valence-electron chi connectivity index (χ3n) is 3.58. The molecule has 1 heterocycles. The first-order valence-corrected chi connectivity index (χ1v) is 6.54. The first kappa shape index (κ1) is 11.6. The molecule has 0 aromatic carbocycles. The van der Waals surface area contributed by atoms with E-state index >= 15 is 0 Å². The second-order valence-corrected chi connectivity index (χ2v) is 4.91. The molecule has 1 unspecified atom stereocenters. The SMILES string of the molecule is CCC(NC1CCCCC1)c1cnn(C)c1. The molecule has 2 rings (SSSR count). The lowest BCUT2D eigenvalue weighted by Crippen LogP contribution is -2.34. The topological polar surface area (TPSA) is 29.9 Å². The van der Waals surface area contributed by atoms with E-state index in [-0.39, 0.29) is 0 Å². The van der Waals surface area contributed by atoms with Crippen LogP contribution in [0.4, 0.5) is 0 Å². The Morgan fingerprint density at radius 1 is 1.44 bits per heavy atom. The molecule has 1 saturated carbocycles. The molecular weight excluding hydrogens is 198 g/mol. The summed E-state index contributed by atoms with van der Waals surface area (Å²) in [5, 5.41) is 8.04. The number of hydrogen-bond acceptors (Lipinski definition) is 2. The molecule has 90 valence electrons. The Balaban J connectivity index is 1.94. The standard InChI is InChI=1S/C13H23N3/c1-3-13(11-9-14-16(2)10-11)15-12-7-5-4-6-8-12/h9-10,12-13,15H,3-8H2,1-2H3. The summed E-state index contributed by atoms with van der Waals surface area (Å²) in [7, 11) is 1.98. The molecule has 0 bridgehead atoms. The lowest BCUT2D eigenvalue weighted by Gasteiger charge is -2.27. The van der Waals surface area contributed by atoms with Crippen LogP contribution >= 0.6 is 0 Å². The maximum atomic E-state index is 4.26. The molecule has 0 aliphatic heterocycles. The maximum Gasteiger partial charge on any atom is 0.0537 e. The van der Waals surface area contributed by atoms with Crippen LogP contribution in [0.1, 0.15) is 57.1 Å². The molecule has 1 fully saturated rings. The Labute approximate surface area is 98.2 Å². The molecule has 1 atom stereocenters. The van der Waals surface area contributed by atoms with Crippen molar-refractivity contribution in [1.82, 2.24) is 15.1 Å². The zero-order chi connectivity index (χ0) is 11.4. The van der Waals surface area contributed by atoms with Gasteiger partial charge in [-0.3, -0.25) is 4.68 Å². The number of rotatable bonds is 4. The summed E-state index contributed by atoms with van der Waals surface area (Å²) in [5.41, 5.74) is 1.33. The normalized spacial score (nSPS) is 19.9. The number of nitrogens with one attached hydrogen (secondary N) is 1. The van der Waals surface area contributed by atoms with Gasteiger partial charge in [-0.05, 0) is 19.3 Å². The van der Waals surface area contributed by atoms with Crippen molar-refractivity contribution < 1.29 is 0 Å². The van der Waals surface area contributed by atoms with Crippen molar-refractivity contribution in [1.29, 1.82) is 0 Å². The summed E-state index contributed by atoms with van der Waals surface area (Å²) in [6.07, 6.45) is 12.1. The van der Waals surface area contributed by atoms with Gasteiger partial charge in [-0.15, -0.1) is 0 Å². The fraction of sp³-hybridized carbons (Fsp3) is 0.769. The van der Waals surface area contributed by atoms with Crippen molar-refractivity contribution in [3.63, 3.8) is 0 Å². The second-order valence-electron chi connectivity index (χ2n) is 4.91. The Bertz CT molecular complexity index is 313. The minimum absolute atomic E-state index is 0.483. The van der Waals surface area contributed by atoms with E-state index in [1.165, 1.54) is 37.7 Å². The monoisotopic (exact) mass is 221 g/mol. The van der Waals surface area contributed by atoms with E-state index in [9.17, 15) is 0 Å². The van der Waals surface area contributed by atoms with Gasteiger partial charge in [0.25, 0.3) is 0 Å². The van der Waals surface area contributed by atoms with Crippen LogP contribution in [0, 0.1) is 0 Å². The molecular formula is C13H23N3. The van der Waals surface area contributed by atoms with Crippen molar-refractivity contribution in [3.8, 4) is 0 Å². The number of hydrogen-bond donors (Lipinski definition) is 1. The average Bonchev–Trinajstić information content (AvgIpc) is 2.74. The third kappa shape index (κ3) is 2.85. The Morgan fingerprint density at radius 3 is 2.75 bits per heavy atom. The molecule has 0 saturated heterocycles. The summed E-state index contributed by atoms with van der Waals surface area (Å²) in [6.45, 7) is 2.24. The predicted octanol–water partition coefficient (Wildman–Crippen LogP) is 2.79. The van der Waals surface area contributed by atoms with Gasteiger partial charge in [-0.1, -0.05) is 26.2 Å². The van der Waals surface area contributed by atoms with E-state index in [4.69, 9.17) is 0 Å². The van der Waals surface area contributed by atoms with Gasteiger partial charge in [-0.25, -0.2) is 0 Å². The lowest BCUT2D eigenvalue weighted by atomic mass is 9.94. The minimum Gasteiger partial charge on any atom is -0.307 e. The number of aromatic nitrogens is 2. The quantitative estimate of drug-likeness (QED) is 0.847. The van der Waals surface area contributed by atoms with Gasteiger partial charge in [0, 0.05) is 30.9 Å². The molecule has 16 heavy (non-hydrogen) atoms. The minimum atomic E-state index is 0.483. The summed E-state index contributed by atoms with van der Waals surface area (Å²) in [6, 6.07) is 1.20. The summed E-state index contributed by atoms with van der Waals surface area (Å²) >= 11 is 0. The van der Waals surface area contributed by atoms with Crippen molar-refractivity contribution in [3.05, 3.63) is 18.0 Å². The predicted molar refractivity (Wildman–Crippen MR) is 66.2 cm³/mol. The van der Waals surface area contributed by atoms with Gasteiger partial charge in [0.2, 0.25) is 0 Å². The van der Waals surface area contributed by atoms with Crippen LogP contribution in [0.3, 0.4) is 0 Å². The largest absolute Gasteiger partial charge is 0.307 e. The highest BCUT2D eigenvalue weighted by Crippen LogP contribution is 2.22.